The van der Waals surface area contributed by atoms with Gasteiger partial charge < -0.3 is 0 Å². The van der Waals surface area contributed by atoms with Crippen molar-refractivity contribution in [3.05, 3.63) is 188 Å². The van der Waals surface area contributed by atoms with Gasteiger partial charge in [0.05, 0.1) is 16.7 Å². The fourth-order valence-electron chi connectivity index (χ4n) is 8.68. The lowest BCUT2D eigenvalue weighted by Gasteiger charge is -2.21. The second-order valence-corrected chi connectivity index (χ2v) is 15.5. The summed E-state index contributed by atoms with van der Waals surface area (Å²) in [6.07, 6.45) is 0. The summed E-state index contributed by atoms with van der Waals surface area (Å²) in [5.41, 5.74) is 11.0. The van der Waals surface area contributed by atoms with Gasteiger partial charge in [0.1, 0.15) is 5.65 Å². The highest BCUT2D eigenvalue weighted by atomic mass is 32.2. The first-order chi connectivity index (χ1) is 28.3. The van der Waals surface area contributed by atoms with E-state index in [0.29, 0.717) is 17.5 Å². The van der Waals surface area contributed by atoms with Crippen LogP contribution in [0.2, 0.25) is 0 Å². The number of hydrogen-bond donors (Lipinski definition) is 0. The highest BCUT2D eigenvalue weighted by Gasteiger charge is 2.28. The quantitative estimate of drug-likeness (QED) is 0.176. The van der Waals surface area contributed by atoms with Crippen molar-refractivity contribution in [1.29, 1.82) is 0 Å². The number of fused-ring (bicyclic) bond motifs is 8. The molecular weight excluding hydrogens is 715 g/mol. The van der Waals surface area contributed by atoms with E-state index in [1.165, 1.54) is 48.3 Å². The SMILES string of the molecule is c1ccc(-c2nc(-c3cccc(-n4c5ccccc5c5c6cccc7c6n(c54)-c4ccccc4S7)c3)nc(-c3ccc(-c4ccccc4)c4ccccc34)n2)cc1. The maximum Gasteiger partial charge on any atom is 0.164 e. The van der Waals surface area contributed by atoms with Crippen LogP contribution in [0.15, 0.2) is 198 Å². The molecule has 57 heavy (non-hydrogen) atoms. The van der Waals surface area contributed by atoms with Gasteiger partial charge in [-0.05, 0) is 64.4 Å². The Balaban J connectivity index is 1.10. The molecule has 0 unspecified atom stereocenters. The van der Waals surface area contributed by atoms with Crippen LogP contribution in [0, 0.1) is 0 Å². The highest BCUT2D eigenvalue weighted by molar-refractivity contribution is 7.99. The largest absolute Gasteiger partial charge is 0.295 e. The van der Waals surface area contributed by atoms with E-state index in [0.717, 1.165) is 44.3 Å². The summed E-state index contributed by atoms with van der Waals surface area (Å²) in [6, 6.07) is 66.5. The molecule has 0 N–H and O–H groups in total. The van der Waals surface area contributed by atoms with Crippen LogP contribution >= 0.6 is 11.8 Å². The Morgan fingerprint density at radius 3 is 1.79 bits per heavy atom. The van der Waals surface area contributed by atoms with E-state index in [2.05, 4.69) is 179 Å². The van der Waals surface area contributed by atoms with Gasteiger partial charge in [0, 0.05) is 48.3 Å². The summed E-state index contributed by atoms with van der Waals surface area (Å²) in [4.78, 5) is 18.1. The molecular formula is C51H31N5S. The van der Waals surface area contributed by atoms with Crippen LogP contribution < -0.4 is 0 Å². The van der Waals surface area contributed by atoms with Crippen LogP contribution in [0.1, 0.15) is 0 Å². The van der Waals surface area contributed by atoms with E-state index in [1.54, 1.807) is 0 Å². The van der Waals surface area contributed by atoms with Gasteiger partial charge in [-0.1, -0.05) is 157 Å². The second-order valence-electron chi connectivity index (χ2n) is 14.4. The Labute approximate surface area is 332 Å². The van der Waals surface area contributed by atoms with Crippen LogP contribution in [-0.2, 0) is 0 Å². The molecule has 5 nitrogen and oxygen atoms in total. The zero-order valence-corrected chi connectivity index (χ0v) is 31.4. The van der Waals surface area contributed by atoms with Crippen molar-refractivity contribution < 1.29 is 0 Å². The number of rotatable bonds is 5. The molecule has 0 saturated heterocycles. The second kappa shape index (κ2) is 12.6. The normalized spacial score (nSPS) is 12.1. The van der Waals surface area contributed by atoms with Gasteiger partial charge in [-0.3, -0.25) is 9.13 Å². The lowest BCUT2D eigenvalue weighted by molar-refractivity contribution is 1.02. The van der Waals surface area contributed by atoms with Gasteiger partial charge >= 0.3 is 0 Å². The van der Waals surface area contributed by atoms with Crippen molar-refractivity contribution >= 4 is 55.4 Å². The molecule has 3 aromatic heterocycles. The van der Waals surface area contributed by atoms with Gasteiger partial charge in [-0.2, -0.15) is 0 Å². The molecule has 0 aliphatic carbocycles. The molecule has 0 atom stereocenters. The van der Waals surface area contributed by atoms with E-state index >= 15 is 0 Å². The van der Waals surface area contributed by atoms with Crippen molar-refractivity contribution in [3.63, 3.8) is 0 Å². The first-order valence-corrected chi connectivity index (χ1v) is 19.9. The number of hydrogen-bond acceptors (Lipinski definition) is 4. The van der Waals surface area contributed by atoms with Crippen LogP contribution in [0.25, 0.3) is 100 Å². The third-order valence-electron chi connectivity index (χ3n) is 11.2. The van der Waals surface area contributed by atoms with Crippen molar-refractivity contribution in [3.8, 4) is 56.7 Å². The molecule has 266 valence electrons. The van der Waals surface area contributed by atoms with Crippen molar-refractivity contribution in [2.45, 2.75) is 9.79 Å². The minimum atomic E-state index is 0.621. The first-order valence-electron chi connectivity index (χ1n) is 19.1. The summed E-state index contributed by atoms with van der Waals surface area (Å²) in [5, 5.41) is 5.99. The third-order valence-corrected chi connectivity index (χ3v) is 12.3. The molecule has 1 aliphatic rings. The predicted molar refractivity (Wildman–Crippen MR) is 234 cm³/mol. The van der Waals surface area contributed by atoms with Crippen molar-refractivity contribution in [2.75, 3.05) is 0 Å². The maximum absolute atomic E-state index is 5.28. The number of benzene rings is 8. The third kappa shape index (κ3) is 4.94. The van der Waals surface area contributed by atoms with Crippen LogP contribution in [0.5, 0.6) is 0 Å². The molecule has 11 aromatic rings. The predicted octanol–water partition coefficient (Wildman–Crippen LogP) is 13.2. The Hall–Kier alpha value is -7.28. The van der Waals surface area contributed by atoms with Gasteiger partial charge in [0.2, 0.25) is 0 Å². The number of aromatic nitrogens is 5. The molecule has 0 radical (unpaired) electrons. The van der Waals surface area contributed by atoms with Crippen molar-refractivity contribution in [2.24, 2.45) is 0 Å². The number of nitrogens with zero attached hydrogens (tertiary/aromatic N) is 5. The van der Waals surface area contributed by atoms with Gasteiger partial charge in [-0.25, -0.2) is 15.0 Å². The zero-order chi connectivity index (χ0) is 37.5. The topological polar surface area (TPSA) is 48.5 Å². The molecule has 4 heterocycles. The summed E-state index contributed by atoms with van der Waals surface area (Å²) in [6.45, 7) is 0. The smallest absolute Gasteiger partial charge is 0.164 e. The van der Waals surface area contributed by atoms with E-state index in [9.17, 15) is 0 Å². The van der Waals surface area contributed by atoms with E-state index in [1.807, 2.05) is 30.0 Å². The Morgan fingerprint density at radius 1 is 0.386 bits per heavy atom. The van der Waals surface area contributed by atoms with Gasteiger partial charge in [0.25, 0.3) is 0 Å². The Bertz CT molecular complexity index is 3380. The fraction of sp³-hybridized carbons (Fsp3) is 0. The minimum absolute atomic E-state index is 0.621. The average molecular weight is 746 g/mol. The number of para-hydroxylation sites is 3. The standard InChI is InChI=1S/C51H31N5S/c1-3-15-32(16-4-1)36-29-30-39(38-22-8-7-21-37(36)38)50-53-48(33-17-5-2-6-18-33)52-49(54-50)34-19-13-20-35(31-34)55-42-25-10-9-23-40(42)46-41-24-14-28-45-47(41)56(51(46)55)43-26-11-12-27-44(43)57-45/h1-31H. The summed E-state index contributed by atoms with van der Waals surface area (Å²) >= 11 is 1.85. The molecule has 1 aliphatic heterocycles. The molecule has 0 saturated carbocycles. The molecule has 0 fully saturated rings. The highest BCUT2D eigenvalue weighted by Crippen LogP contribution is 2.49. The van der Waals surface area contributed by atoms with Crippen molar-refractivity contribution in [1.82, 2.24) is 24.1 Å². The van der Waals surface area contributed by atoms with Crippen LogP contribution in [0.3, 0.4) is 0 Å². The Kier molecular flexibility index (Phi) is 7.09. The fourth-order valence-corrected chi connectivity index (χ4v) is 9.77. The molecule has 0 bridgehead atoms. The molecule has 0 spiro atoms. The summed E-state index contributed by atoms with van der Waals surface area (Å²) in [5.74, 6) is 1.89. The first kappa shape index (κ1) is 32.0. The van der Waals surface area contributed by atoms with E-state index < -0.39 is 0 Å². The molecule has 8 aromatic carbocycles. The van der Waals surface area contributed by atoms with Crippen LogP contribution in [0.4, 0.5) is 0 Å². The summed E-state index contributed by atoms with van der Waals surface area (Å²) in [7, 11) is 0. The summed E-state index contributed by atoms with van der Waals surface area (Å²) < 4.78 is 4.89. The lowest BCUT2D eigenvalue weighted by Crippen LogP contribution is -2.06. The van der Waals surface area contributed by atoms with Gasteiger partial charge in [-0.15, -0.1) is 0 Å². The lowest BCUT2D eigenvalue weighted by atomic mass is 9.95. The maximum atomic E-state index is 5.28. The van der Waals surface area contributed by atoms with E-state index in [-0.39, 0.29) is 0 Å². The Morgan fingerprint density at radius 2 is 0.965 bits per heavy atom. The van der Waals surface area contributed by atoms with Crippen LogP contribution in [-0.4, -0.2) is 24.1 Å². The monoisotopic (exact) mass is 745 g/mol. The molecule has 0 amide bonds. The zero-order valence-electron chi connectivity index (χ0n) is 30.5. The minimum Gasteiger partial charge on any atom is -0.295 e. The average Bonchev–Trinajstić information content (AvgIpc) is 3.81. The van der Waals surface area contributed by atoms with Gasteiger partial charge in [0.15, 0.2) is 17.5 Å². The molecule has 12 rings (SSSR count). The van der Waals surface area contributed by atoms with E-state index in [4.69, 9.17) is 15.0 Å². The molecule has 6 heteroatoms.